The van der Waals surface area contributed by atoms with Crippen molar-refractivity contribution in [3.63, 3.8) is 0 Å². The highest BCUT2D eigenvalue weighted by Gasteiger charge is 2.15. The lowest BCUT2D eigenvalue weighted by molar-refractivity contribution is -0.129. The Labute approximate surface area is 140 Å². The minimum atomic E-state index is 0. The van der Waals surface area contributed by atoms with E-state index in [-0.39, 0.29) is 18.3 Å². The number of nitrogens with zero attached hydrogens (tertiary/aromatic N) is 3. The number of hydrogen-bond acceptors (Lipinski definition) is 3. The molecule has 5 nitrogen and oxygen atoms in total. The Balaban J connectivity index is 0.00000441. The van der Waals surface area contributed by atoms with Gasteiger partial charge in [-0.15, -0.1) is 12.4 Å². The van der Waals surface area contributed by atoms with Gasteiger partial charge in [-0.2, -0.15) is 5.10 Å². The molecule has 0 aliphatic rings. The van der Waals surface area contributed by atoms with Crippen LogP contribution in [0, 0.1) is 19.8 Å². The first-order valence-corrected chi connectivity index (χ1v) is 7.78. The van der Waals surface area contributed by atoms with Gasteiger partial charge in [0.2, 0.25) is 5.91 Å². The molecule has 0 aliphatic heterocycles. The zero-order valence-corrected chi connectivity index (χ0v) is 15.6. The summed E-state index contributed by atoms with van der Waals surface area (Å²) < 4.78 is 2.07. The second-order valence-electron chi connectivity index (χ2n) is 6.14. The predicted molar refractivity (Wildman–Crippen MR) is 93.7 cm³/mol. The number of carbonyl (C=O) groups excluding carboxylic acids is 1. The van der Waals surface area contributed by atoms with Crippen molar-refractivity contribution >= 4 is 18.3 Å². The van der Waals surface area contributed by atoms with Crippen LogP contribution in [-0.2, 0) is 17.8 Å². The third-order valence-electron chi connectivity index (χ3n) is 3.78. The van der Waals surface area contributed by atoms with Crippen LogP contribution in [0.5, 0.6) is 0 Å². The van der Waals surface area contributed by atoms with Crippen LogP contribution in [0.25, 0.3) is 0 Å². The van der Waals surface area contributed by atoms with Crippen molar-refractivity contribution in [2.45, 2.75) is 47.1 Å². The summed E-state index contributed by atoms with van der Waals surface area (Å²) in [4.78, 5) is 13.9. The van der Waals surface area contributed by atoms with E-state index in [0.717, 1.165) is 31.7 Å². The molecule has 22 heavy (non-hydrogen) atoms. The highest BCUT2D eigenvalue weighted by Crippen LogP contribution is 2.16. The van der Waals surface area contributed by atoms with Gasteiger partial charge in [0.15, 0.2) is 0 Å². The van der Waals surface area contributed by atoms with Gasteiger partial charge in [0.05, 0.1) is 5.69 Å². The quantitative estimate of drug-likeness (QED) is 0.795. The Morgan fingerprint density at radius 2 is 2.00 bits per heavy atom. The van der Waals surface area contributed by atoms with E-state index in [1.165, 1.54) is 11.3 Å². The predicted octanol–water partition coefficient (Wildman–Crippen LogP) is 2.19. The first kappa shape index (κ1) is 20.9. The van der Waals surface area contributed by atoms with Gasteiger partial charge in [-0.25, -0.2) is 0 Å². The SMILES string of the molecule is CNCCN(C)C(=O)CCc1c(C)nn(CC(C)C)c1C.Cl. The second kappa shape index (κ2) is 9.85. The fourth-order valence-electron chi connectivity index (χ4n) is 2.45. The number of halogens is 1. The minimum absolute atomic E-state index is 0. The summed E-state index contributed by atoms with van der Waals surface area (Å²) in [7, 11) is 3.76. The molecule has 1 heterocycles. The average Bonchev–Trinajstić information content (AvgIpc) is 2.67. The molecule has 0 saturated carbocycles. The Morgan fingerprint density at radius 3 is 2.55 bits per heavy atom. The van der Waals surface area contributed by atoms with Crippen molar-refractivity contribution in [3.05, 3.63) is 17.0 Å². The number of carbonyl (C=O) groups is 1. The molecule has 0 aliphatic carbocycles. The number of amides is 1. The maximum Gasteiger partial charge on any atom is 0.222 e. The van der Waals surface area contributed by atoms with Crippen molar-refractivity contribution in [3.8, 4) is 0 Å². The van der Waals surface area contributed by atoms with Crippen LogP contribution in [0.3, 0.4) is 0 Å². The molecule has 1 N–H and O–H groups in total. The first-order chi connectivity index (χ1) is 9.86. The molecule has 0 spiro atoms. The summed E-state index contributed by atoms with van der Waals surface area (Å²) in [5.41, 5.74) is 3.48. The topological polar surface area (TPSA) is 50.2 Å². The number of likely N-dealkylation sites (N-methyl/N-ethyl adjacent to an activating group) is 2. The molecule has 0 atom stereocenters. The van der Waals surface area contributed by atoms with Crippen molar-refractivity contribution in [2.75, 3.05) is 27.2 Å². The molecule has 128 valence electrons. The summed E-state index contributed by atoms with van der Waals surface area (Å²) in [6.45, 7) is 11.0. The molecule has 0 fully saturated rings. The first-order valence-electron chi connectivity index (χ1n) is 7.78. The Kier molecular flexibility index (Phi) is 9.37. The average molecular weight is 331 g/mol. The van der Waals surface area contributed by atoms with Crippen LogP contribution < -0.4 is 5.32 Å². The molecule has 1 rings (SSSR count). The van der Waals surface area contributed by atoms with Crippen molar-refractivity contribution in [1.82, 2.24) is 20.0 Å². The van der Waals surface area contributed by atoms with Crippen LogP contribution in [0.1, 0.15) is 37.2 Å². The third-order valence-corrected chi connectivity index (χ3v) is 3.78. The maximum absolute atomic E-state index is 12.1. The van der Waals surface area contributed by atoms with Gasteiger partial charge in [-0.05, 0) is 38.8 Å². The molecular weight excluding hydrogens is 300 g/mol. The zero-order valence-electron chi connectivity index (χ0n) is 14.8. The van der Waals surface area contributed by atoms with E-state index in [4.69, 9.17) is 0 Å². The summed E-state index contributed by atoms with van der Waals surface area (Å²) in [5, 5.41) is 7.66. The van der Waals surface area contributed by atoms with Crippen LogP contribution >= 0.6 is 12.4 Å². The summed E-state index contributed by atoms with van der Waals surface area (Å²) in [6, 6.07) is 0. The number of nitrogens with one attached hydrogen (secondary N) is 1. The fourth-order valence-corrected chi connectivity index (χ4v) is 2.45. The van der Waals surface area contributed by atoms with Crippen LogP contribution in [0.2, 0.25) is 0 Å². The van der Waals surface area contributed by atoms with E-state index in [0.29, 0.717) is 12.3 Å². The normalized spacial score (nSPS) is 10.7. The molecule has 0 aromatic carbocycles. The van der Waals surface area contributed by atoms with Crippen LogP contribution in [0.4, 0.5) is 0 Å². The van der Waals surface area contributed by atoms with Gasteiger partial charge < -0.3 is 10.2 Å². The standard InChI is InChI=1S/C16H30N4O.ClH/c1-12(2)11-20-14(4)15(13(3)18-20)7-8-16(21)19(6)10-9-17-5;/h12,17H,7-11H2,1-6H3;1H. The lowest BCUT2D eigenvalue weighted by Gasteiger charge is -2.16. The largest absolute Gasteiger partial charge is 0.344 e. The molecule has 6 heteroatoms. The van der Waals surface area contributed by atoms with E-state index in [9.17, 15) is 4.79 Å². The third kappa shape index (κ3) is 5.97. The Morgan fingerprint density at radius 1 is 1.36 bits per heavy atom. The van der Waals surface area contributed by atoms with Crippen LogP contribution in [-0.4, -0.2) is 47.8 Å². The second-order valence-corrected chi connectivity index (χ2v) is 6.14. The number of rotatable bonds is 8. The van der Waals surface area contributed by atoms with E-state index in [1.807, 2.05) is 21.0 Å². The zero-order chi connectivity index (χ0) is 16.0. The lowest BCUT2D eigenvalue weighted by Crippen LogP contribution is -2.32. The van der Waals surface area contributed by atoms with Gasteiger partial charge in [-0.3, -0.25) is 9.48 Å². The molecule has 0 saturated heterocycles. The van der Waals surface area contributed by atoms with Crippen molar-refractivity contribution in [1.29, 1.82) is 0 Å². The number of aryl methyl sites for hydroxylation is 1. The number of aromatic nitrogens is 2. The van der Waals surface area contributed by atoms with Crippen molar-refractivity contribution in [2.24, 2.45) is 5.92 Å². The Bertz CT molecular complexity index is 471. The number of hydrogen-bond donors (Lipinski definition) is 1. The highest BCUT2D eigenvalue weighted by atomic mass is 35.5. The monoisotopic (exact) mass is 330 g/mol. The molecule has 1 amide bonds. The van der Waals surface area contributed by atoms with Crippen LogP contribution in [0.15, 0.2) is 0 Å². The smallest absolute Gasteiger partial charge is 0.222 e. The molecule has 0 radical (unpaired) electrons. The Hall–Kier alpha value is -1.07. The highest BCUT2D eigenvalue weighted by molar-refractivity contribution is 5.85. The molecule has 1 aromatic heterocycles. The van der Waals surface area contributed by atoms with Gasteiger partial charge >= 0.3 is 0 Å². The lowest BCUT2D eigenvalue weighted by atomic mass is 10.1. The van der Waals surface area contributed by atoms with E-state index < -0.39 is 0 Å². The van der Waals surface area contributed by atoms with E-state index in [2.05, 4.69) is 35.9 Å². The molecule has 0 unspecified atom stereocenters. The van der Waals surface area contributed by atoms with E-state index in [1.54, 1.807) is 4.90 Å². The van der Waals surface area contributed by atoms with E-state index >= 15 is 0 Å². The maximum atomic E-state index is 12.1. The van der Waals surface area contributed by atoms with Gasteiger partial charge in [0.25, 0.3) is 0 Å². The van der Waals surface area contributed by atoms with Gasteiger partial charge in [0, 0.05) is 38.8 Å². The van der Waals surface area contributed by atoms with Gasteiger partial charge in [-0.1, -0.05) is 13.8 Å². The summed E-state index contributed by atoms with van der Waals surface area (Å²) in [6.07, 6.45) is 1.33. The minimum Gasteiger partial charge on any atom is -0.344 e. The van der Waals surface area contributed by atoms with Gasteiger partial charge in [0.1, 0.15) is 0 Å². The van der Waals surface area contributed by atoms with Crippen molar-refractivity contribution < 1.29 is 4.79 Å². The molecule has 0 bridgehead atoms. The fraction of sp³-hybridized carbons (Fsp3) is 0.750. The summed E-state index contributed by atoms with van der Waals surface area (Å²) in [5.74, 6) is 0.769. The molecular formula is C16H31ClN4O. The summed E-state index contributed by atoms with van der Waals surface area (Å²) >= 11 is 0. The molecule has 1 aromatic rings.